The average Bonchev–Trinajstić information content (AvgIpc) is 2.65. The van der Waals surface area contributed by atoms with Crippen LogP contribution in [-0.2, 0) is 9.47 Å². The molecule has 0 unspecified atom stereocenters. The minimum atomic E-state index is -0.390. The predicted octanol–water partition coefficient (Wildman–Crippen LogP) is 3.89. The van der Waals surface area contributed by atoms with Gasteiger partial charge in [-0.05, 0) is 30.7 Å². The third kappa shape index (κ3) is 5.39. The number of carbonyl (C=O) groups is 2. The molecule has 0 N–H and O–H groups in total. The highest BCUT2D eigenvalue weighted by Crippen LogP contribution is 2.10. The Hall–Kier alpha value is -2.88. The van der Waals surface area contributed by atoms with E-state index in [-0.39, 0.29) is 31.1 Å². The second-order valence-corrected chi connectivity index (χ2v) is 5.32. The molecule has 0 aliphatic carbocycles. The quantitative estimate of drug-likeness (QED) is 0.546. The summed E-state index contributed by atoms with van der Waals surface area (Å²) >= 11 is 0. The van der Waals surface area contributed by atoms with Crippen LogP contribution in [-0.4, -0.2) is 25.2 Å². The Labute approximate surface area is 141 Å². The van der Waals surface area contributed by atoms with Gasteiger partial charge in [0.15, 0.2) is 0 Å². The number of ether oxygens (including phenoxy) is 2. The van der Waals surface area contributed by atoms with Crippen molar-refractivity contribution in [2.45, 2.75) is 6.42 Å². The highest BCUT2D eigenvalue weighted by molar-refractivity contribution is 5.89. The Morgan fingerprint density at radius 3 is 1.62 bits per heavy atom. The number of benzene rings is 2. The van der Waals surface area contributed by atoms with Crippen molar-refractivity contribution in [3.05, 3.63) is 84.4 Å². The standard InChI is InChI=1S/C20H20O4/c1-2-9-16(14-23-19(21)17-10-5-3-6-11-17)15-24-20(22)18-12-7-4-8-13-18/h2-8,10-13,16H,1,9,14-15H2. The molecule has 0 saturated carbocycles. The Bertz CT molecular complexity index is 609. The van der Waals surface area contributed by atoms with Crippen molar-refractivity contribution in [3.63, 3.8) is 0 Å². The molecule has 0 amide bonds. The summed E-state index contributed by atoms with van der Waals surface area (Å²) in [6.07, 6.45) is 2.31. The van der Waals surface area contributed by atoms with Crippen LogP contribution in [0.15, 0.2) is 73.3 Å². The minimum absolute atomic E-state index is 0.122. The van der Waals surface area contributed by atoms with Crippen molar-refractivity contribution in [3.8, 4) is 0 Å². The maximum Gasteiger partial charge on any atom is 0.338 e. The molecule has 0 atom stereocenters. The van der Waals surface area contributed by atoms with Crippen LogP contribution in [0.1, 0.15) is 27.1 Å². The molecular formula is C20H20O4. The van der Waals surface area contributed by atoms with Crippen molar-refractivity contribution in [2.75, 3.05) is 13.2 Å². The number of rotatable bonds is 8. The van der Waals surface area contributed by atoms with Gasteiger partial charge in [-0.25, -0.2) is 9.59 Å². The number of allylic oxidation sites excluding steroid dienone is 1. The van der Waals surface area contributed by atoms with Gasteiger partial charge in [0.05, 0.1) is 24.3 Å². The second-order valence-electron chi connectivity index (χ2n) is 5.32. The fourth-order valence-electron chi connectivity index (χ4n) is 2.12. The molecule has 24 heavy (non-hydrogen) atoms. The highest BCUT2D eigenvalue weighted by atomic mass is 16.5. The summed E-state index contributed by atoms with van der Waals surface area (Å²) in [5, 5.41) is 0. The van der Waals surface area contributed by atoms with Crippen molar-refractivity contribution in [2.24, 2.45) is 5.92 Å². The molecule has 4 heteroatoms. The van der Waals surface area contributed by atoms with Crippen molar-refractivity contribution in [1.82, 2.24) is 0 Å². The third-order valence-corrected chi connectivity index (χ3v) is 3.42. The van der Waals surface area contributed by atoms with Crippen LogP contribution in [0.3, 0.4) is 0 Å². The first-order valence-corrected chi connectivity index (χ1v) is 7.76. The second kappa shape index (κ2) is 9.30. The van der Waals surface area contributed by atoms with Gasteiger partial charge in [0.25, 0.3) is 0 Å². The Kier molecular flexibility index (Phi) is 6.77. The summed E-state index contributed by atoms with van der Waals surface area (Å²) < 4.78 is 10.6. The van der Waals surface area contributed by atoms with Crippen LogP contribution in [0.4, 0.5) is 0 Å². The first-order valence-electron chi connectivity index (χ1n) is 7.76. The number of carbonyl (C=O) groups excluding carboxylic acids is 2. The topological polar surface area (TPSA) is 52.6 Å². The van der Waals surface area contributed by atoms with E-state index in [9.17, 15) is 9.59 Å². The monoisotopic (exact) mass is 324 g/mol. The van der Waals surface area contributed by atoms with E-state index in [1.54, 1.807) is 54.6 Å². The molecule has 2 aromatic carbocycles. The van der Waals surface area contributed by atoms with E-state index in [0.29, 0.717) is 17.5 Å². The van der Waals surface area contributed by atoms with Gasteiger partial charge in [0.2, 0.25) is 0 Å². The average molecular weight is 324 g/mol. The Morgan fingerprint density at radius 1 is 0.833 bits per heavy atom. The number of esters is 2. The van der Waals surface area contributed by atoms with Crippen LogP contribution in [0.2, 0.25) is 0 Å². The third-order valence-electron chi connectivity index (χ3n) is 3.42. The van der Waals surface area contributed by atoms with E-state index in [1.165, 1.54) is 0 Å². The summed E-state index contributed by atoms with van der Waals surface area (Å²) in [5.74, 6) is -0.902. The van der Waals surface area contributed by atoms with Crippen molar-refractivity contribution >= 4 is 11.9 Å². The van der Waals surface area contributed by atoms with Crippen LogP contribution in [0.25, 0.3) is 0 Å². The Balaban J connectivity index is 1.84. The van der Waals surface area contributed by atoms with Gasteiger partial charge in [0, 0.05) is 5.92 Å². The fourth-order valence-corrected chi connectivity index (χ4v) is 2.12. The molecule has 0 bridgehead atoms. The molecule has 0 saturated heterocycles. The lowest BCUT2D eigenvalue weighted by Gasteiger charge is -2.15. The molecule has 2 aromatic rings. The van der Waals surface area contributed by atoms with Crippen LogP contribution in [0, 0.1) is 5.92 Å². The number of hydrogen-bond acceptors (Lipinski definition) is 4. The van der Waals surface area contributed by atoms with E-state index in [0.717, 1.165) is 0 Å². The smallest absolute Gasteiger partial charge is 0.338 e. The zero-order valence-corrected chi connectivity index (χ0v) is 13.4. The molecule has 0 heterocycles. The highest BCUT2D eigenvalue weighted by Gasteiger charge is 2.15. The van der Waals surface area contributed by atoms with E-state index < -0.39 is 0 Å². The van der Waals surface area contributed by atoms with Crippen LogP contribution in [0.5, 0.6) is 0 Å². The molecule has 0 aromatic heterocycles. The molecule has 2 rings (SSSR count). The van der Waals surface area contributed by atoms with E-state index in [1.807, 2.05) is 12.1 Å². The van der Waals surface area contributed by atoms with E-state index in [2.05, 4.69) is 6.58 Å². The van der Waals surface area contributed by atoms with Gasteiger partial charge in [-0.15, -0.1) is 6.58 Å². The summed E-state index contributed by atoms with van der Waals surface area (Å²) in [5.41, 5.74) is 0.993. The normalized spacial score (nSPS) is 10.2. The van der Waals surface area contributed by atoms with Gasteiger partial charge < -0.3 is 9.47 Å². The first-order chi connectivity index (χ1) is 11.7. The zero-order chi connectivity index (χ0) is 17.2. The van der Waals surface area contributed by atoms with E-state index >= 15 is 0 Å². The fraction of sp³-hybridized carbons (Fsp3) is 0.200. The van der Waals surface area contributed by atoms with Gasteiger partial charge in [0.1, 0.15) is 0 Å². The molecule has 0 aliphatic rings. The molecule has 124 valence electrons. The predicted molar refractivity (Wildman–Crippen MR) is 91.8 cm³/mol. The van der Waals surface area contributed by atoms with E-state index in [4.69, 9.17) is 9.47 Å². The maximum atomic E-state index is 12.0. The van der Waals surface area contributed by atoms with Crippen LogP contribution < -0.4 is 0 Å². The van der Waals surface area contributed by atoms with Gasteiger partial charge in [-0.2, -0.15) is 0 Å². The van der Waals surface area contributed by atoms with Crippen molar-refractivity contribution < 1.29 is 19.1 Å². The van der Waals surface area contributed by atoms with Gasteiger partial charge >= 0.3 is 11.9 Å². The number of hydrogen-bond donors (Lipinski definition) is 0. The molecule has 0 fully saturated rings. The first kappa shape index (κ1) is 17.5. The molecule has 0 spiro atoms. The molecule has 4 nitrogen and oxygen atoms in total. The lowest BCUT2D eigenvalue weighted by Crippen LogP contribution is -2.20. The summed E-state index contributed by atoms with van der Waals surface area (Å²) in [6.45, 7) is 4.03. The maximum absolute atomic E-state index is 12.0. The summed E-state index contributed by atoms with van der Waals surface area (Å²) in [6, 6.07) is 17.6. The lowest BCUT2D eigenvalue weighted by molar-refractivity contribution is 0.0263. The van der Waals surface area contributed by atoms with Gasteiger partial charge in [-0.3, -0.25) is 0 Å². The largest absolute Gasteiger partial charge is 0.462 e. The van der Waals surface area contributed by atoms with Crippen molar-refractivity contribution in [1.29, 1.82) is 0 Å². The van der Waals surface area contributed by atoms with Gasteiger partial charge in [-0.1, -0.05) is 42.5 Å². The lowest BCUT2D eigenvalue weighted by atomic mass is 10.1. The summed E-state index contributed by atoms with van der Waals surface area (Å²) in [7, 11) is 0. The Morgan fingerprint density at radius 2 is 1.25 bits per heavy atom. The molecule has 0 radical (unpaired) electrons. The zero-order valence-electron chi connectivity index (χ0n) is 13.4. The molecule has 0 aliphatic heterocycles. The SMILES string of the molecule is C=CCC(COC(=O)c1ccccc1)COC(=O)c1ccccc1. The summed E-state index contributed by atoms with van der Waals surface area (Å²) in [4.78, 5) is 23.9. The molecular weight excluding hydrogens is 304 g/mol. The minimum Gasteiger partial charge on any atom is -0.462 e. The van der Waals surface area contributed by atoms with Crippen LogP contribution >= 0.6 is 0 Å².